The molecule has 1 heterocycles. The maximum Gasteiger partial charge on any atom is 0.118 e. The van der Waals surface area contributed by atoms with Crippen molar-refractivity contribution >= 4 is 23.5 Å². The lowest BCUT2D eigenvalue weighted by atomic mass is 10.0. The first kappa shape index (κ1) is 10.2. The molecule has 3 heteroatoms. The minimum absolute atomic E-state index is 0.727. The SMILES string of the molecule is COc1ccc(C2CSCSC2)cc1. The van der Waals surface area contributed by atoms with Crippen molar-refractivity contribution < 1.29 is 4.74 Å². The standard InChI is InChI=1S/C11H14OS2/c1-12-11-4-2-9(3-5-11)10-6-13-8-14-7-10/h2-5,10H,6-8H2,1H3. The highest BCUT2D eigenvalue weighted by Crippen LogP contribution is 2.32. The average Bonchev–Trinajstić information content (AvgIpc) is 2.30. The van der Waals surface area contributed by atoms with Crippen molar-refractivity contribution in [1.29, 1.82) is 0 Å². The predicted octanol–water partition coefficient (Wildman–Crippen LogP) is 3.22. The van der Waals surface area contributed by atoms with E-state index in [1.165, 1.54) is 22.2 Å². The van der Waals surface area contributed by atoms with Crippen molar-refractivity contribution in [2.45, 2.75) is 5.92 Å². The van der Waals surface area contributed by atoms with Gasteiger partial charge < -0.3 is 4.74 Å². The highest BCUT2D eigenvalue weighted by atomic mass is 32.2. The van der Waals surface area contributed by atoms with Crippen molar-refractivity contribution in [3.8, 4) is 5.75 Å². The van der Waals surface area contributed by atoms with Crippen molar-refractivity contribution in [1.82, 2.24) is 0 Å². The lowest BCUT2D eigenvalue weighted by Gasteiger charge is -2.21. The highest BCUT2D eigenvalue weighted by Gasteiger charge is 2.15. The smallest absolute Gasteiger partial charge is 0.118 e. The maximum absolute atomic E-state index is 5.15. The molecule has 76 valence electrons. The molecule has 1 fully saturated rings. The molecule has 0 radical (unpaired) electrons. The van der Waals surface area contributed by atoms with Crippen LogP contribution < -0.4 is 4.74 Å². The number of ether oxygens (including phenoxy) is 1. The lowest BCUT2D eigenvalue weighted by molar-refractivity contribution is 0.414. The Kier molecular flexibility index (Phi) is 3.65. The molecule has 14 heavy (non-hydrogen) atoms. The molecule has 0 N–H and O–H groups in total. The Morgan fingerprint density at radius 2 is 1.79 bits per heavy atom. The van der Waals surface area contributed by atoms with Gasteiger partial charge in [-0.15, -0.1) is 0 Å². The van der Waals surface area contributed by atoms with E-state index in [-0.39, 0.29) is 0 Å². The predicted molar refractivity (Wildman–Crippen MR) is 65.5 cm³/mol. The first-order valence-electron chi connectivity index (χ1n) is 4.69. The van der Waals surface area contributed by atoms with Crippen LogP contribution in [-0.2, 0) is 0 Å². The second-order valence-corrected chi connectivity index (χ2v) is 5.76. The largest absolute Gasteiger partial charge is 0.497 e. The molecule has 1 aliphatic rings. The van der Waals surface area contributed by atoms with Gasteiger partial charge in [-0.3, -0.25) is 0 Å². The fraction of sp³-hybridized carbons (Fsp3) is 0.455. The van der Waals surface area contributed by atoms with Gasteiger partial charge in [0.15, 0.2) is 0 Å². The zero-order valence-corrected chi connectivity index (χ0v) is 9.87. The molecule has 0 aromatic heterocycles. The maximum atomic E-state index is 5.15. The number of hydrogen-bond acceptors (Lipinski definition) is 3. The summed E-state index contributed by atoms with van der Waals surface area (Å²) >= 11 is 4.08. The van der Waals surface area contributed by atoms with Crippen LogP contribution in [0.5, 0.6) is 5.75 Å². The van der Waals surface area contributed by atoms with E-state index in [0.29, 0.717) is 0 Å². The minimum atomic E-state index is 0.727. The zero-order chi connectivity index (χ0) is 9.80. The molecule has 1 aromatic rings. The molecule has 0 amide bonds. The zero-order valence-electron chi connectivity index (χ0n) is 8.23. The Bertz CT molecular complexity index is 278. The summed E-state index contributed by atoms with van der Waals surface area (Å²) in [6.07, 6.45) is 0. The summed E-state index contributed by atoms with van der Waals surface area (Å²) in [7, 11) is 1.71. The van der Waals surface area contributed by atoms with Gasteiger partial charge in [-0.2, -0.15) is 23.5 Å². The number of benzene rings is 1. The molecule has 1 aromatic carbocycles. The summed E-state index contributed by atoms with van der Waals surface area (Å²) in [5.41, 5.74) is 1.45. The van der Waals surface area contributed by atoms with Gasteiger partial charge in [0.05, 0.1) is 7.11 Å². The number of hydrogen-bond donors (Lipinski definition) is 0. The molecule has 0 spiro atoms. The molecule has 0 unspecified atom stereocenters. The van der Waals surface area contributed by atoms with Crippen LogP contribution >= 0.6 is 23.5 Å². The van der Waals surface area contributed by atoms with Gasteiger partial charge in [0, 0.05) is 22.5 Å². The van der Waals surface area contributed by atoms with Crippen molar-refractivity contribution in [2.24, 2.45) is 0 Å². The Morgan fingerprint density at radius 1 is 1.14 bits per heavy atom. The first-order valence-corrected chi connectivity index (χ1v) is 7.00. The van der Waals surface area contributed by atoms with Gasteiger partial charge in [0.1, 0.15) is 5.75 Å². The molecular formula is C11H14OS2. The molecule has 0 bridgehead atoms. The van der Waals surface area contributed by atoms with E-state index < -0.39 is 0 Å². The van der Waals surface area contributed by atoms with Gasteiger partial charge >= 0.3 is 0 Å². The third-order valence-electron chi connectivity index (χ3n) is 2.39. The van der Waals surface area contributed by atoms with E-state index in [2.05, 4.69) is 24.3 Å². The van der Waals surface area contributed by atoms with Crippen LogP contribution in [0.2, 0.25) is 0 Å². The van der Waals surface area contributed by atoms with Crippen LogP contribution in [0.3, 0.4) is 0 Å². The molecule has 0 aliphatic carbocycles. The van der Waals surface area contributed by atoms with E-state index in [1.54, 1.807) is 7.11 Å². The van der Waals surface area contributed by atoms with E-state index >= 15 is 0 Å². The van der Waals surface area contributed by atoms with Crippen LogP contribution in [0.15, 0.2) is 24.3 Å². The van der Waals surface area contributed by atoms with Crippen LogP contribution in [0, 0.1) is 0 Å². The van der Waals surface area contributed by atoms with Crippen LogP contribution in [0.1, 0.15) is 11.5 Å². The second-order valence-electron chi connectivity index (χ2n) is 3.33. The number of rotatable bonds is 2. The number of thioether (sulfide) groups is 2. The lowest BCUT2D eigenvalue weighted by Crippen LogP contribution is -2.09. The first-order chi connectivity index (χ1) is 6.90. The summed E-state index contributed by atoms with van der Waals surface area (Å²) in [5, 5.41) is 1.26. The molecule has 0 atom stereocenters. The fourth-order valence-corrected chi connectivity index (χ4v) is 4.14. The van der Waals surface area contributed by atoms with Crippen molar-refractivity contribution in [2.75, 3.05) is 23.7 Å². The van der Waals surface area contributed by atoms with Gasteiger partial charge in [0.25, 0.3) is 0 Å². The van der Waals surface area contributed by atoms with Gasteiger partial charge in [-0.05, 0) is 17.7 Å². The highest BCUT2D eigenvalue weighted by molar-refractivity contribution is 8.16. The fourth-order valence-electron chi connectivity index (χ4n) is 1.56. The quantitative estimate of drug-likeness (QED) is 0.766. The Hall–Kier alpha value is -0.280. The average molecular weight is 226 g/mol. The molecule has 1 aliphatic heterocycles. The molecule has 0 saturated carbocycles. The Labute approximate surface area is 93.6 Å². The summed E-state index contributed by atoms with van der Waals surface area (Å²) in [6, 6.07) is 8.49. The summed E-state index contributed by atoms with van der Waals surface area (Å²) in [4.78, 5) is 0. The van der Waals surface area contributed by atoms with Crippen molar-refractivity contribution in [3.05, 3.63) is 29.8 Å². The van der Waals surface area contributed by atoms with Gasteiger partial charge in [-0.1, -0.05) is 12.1 Å². The minimum Gasteiger partial charge on any atom is -0.497 e. The van der Waals surface area contributed by atoms with E-state index in [1.807, 2.05) is 23.5 Å². The van der Waals surface area contributed by atoms with Gasteiger partial charge in [-0.25, -0.2) is 0 Å². The molecule has 2 rings (SSSR count). The topological polar surface area (TPSA) is 9.23 Å². The van der Waals surface area contributed by atoms with E-state index in [4.69, 9.17) is 4.74 Å². The number of methoxy groups -OCH3 is 1. The van der Waals surface area contributed by atoms with Crippen LogP contribution in [0.25, 0.3) is 0 Å². The van der Waals surface area contributed by atoms with Crippen molar-refractivity contribution in [3.63, 3.8) is 0 Å². The van der Waals surface area contributed by atoms with Crippen LogP contribution in [-0.4, -0.2) is 23.7 Å². The van der Waals surface area contributed by atoms with Crippen LogP contribution in [0.4, 0.5) is 0 Å². The van der Waals surface area contributed by atoms with E-state index in [0.717, 1.165) is 11.7 Å². The third-order valence-corrected chi connectivity index (χ3v) is 5.00. The summed E-state index contributed by atoms with van der Waals surface area (Å²) < 4.78 is 5.15. The summed E-state index contributed by atoms with van der Waals surface area (Å²) in [6.45, 7) is 0. The normalized spacial score (nSPS) is 18.1. The molecule has 1 saturated heterocycles. The molecule has 1 nitrogen and oxygen atoms in total. The Morgan fingerprint density at radius 3 is 2.36 bits per heavy atom. The second kappa shape index (κ2) is 4.99. The third kappa shape index (κ3) is 2.39. The van der Waals surface area contributed by atoms with E-state index in [9.17, 15) is 0 Å². The van der Waals surface area contributed by atoms with Gasteiger partial charge in [0.2, 0.25) is 0 Å². The molecular weight excluding hydrogens is 212 g/mol. The monoisotopic (exact) mass is 226 g/mol. The Balaban J connectivity index is 2.07. The summed E-state index contributed by atoms with van der Waals surface area (Å²) in [5.74, 6) is 4.20.